The average molecular weight is 374 g/mol. The summed E-state index contributed by atoms with van der Waals surface area (Å²) in [5, 5.41) is 17.9. The van der Waals surface area contributed by atoms with Gasteiger partial charge in [0, 0.05) is 17.3 Å². The lowest BCUT2D eigenvalue weighted by Crippen LogP contribution is -2.26. The minimum Gasteiger partial charge on any atom is -0.487 e. The van der Waals surface area contributed by atoms with Crippen LogP contribution >= 0.6 is 0 Å². The van der Waals surface area contributed by atoms with E-state index in [0.29, 0.717) is 23.6 Å². The molecule has 0 unspecified atom stereocenters. The number of nitro benzene ring substituents is 1. The number of halogens is 1. The van der Waals surface area contributed by atoms with Crippen LogP contribution < -0.4 is 15.5 Å². The molecule has 2 aromatic rings. The number of nitrogens with zero attached hydrogens (tertiary/aromatic N) is 2. The van der Waals surface area contributed by atoms with E-state index >= 15 is 0 Å². The molecule has 142 valence electrons. The highest BCUT2D eigenvalue weighted by Crippen LogP contribution is 2.28. The van der Waals surface area contributed by atoms with Crippen LogP contribution in [0.3, 0.4) is 0 Å². The van der Waals surface area contributed by atoms with Crippen molar-refractivity contribution in [1.29, 1.82) is 0 Å². The minimum absolute atomic E-state index is 0.0637. The first-order chi connectivity index (χ1) is 12.9. The number of hydrazone groups is 1. The zero-order valence-corrected chi connectivity index (χ0v) is 14.9. The molecule has 0 saturated carbocycles. The van der Waals surface area contributed by atoms with Crippen LogP contribution in [0.2, 0.25) is 0 Å². The first-order valence-corrected chi connectivity index (χ1v) is 8.15. The molecule has 0 radical (unpaired) electrons. The SMILES string of the molecule is CCOc1ccc(/C(C)=N\NC(=O)CNc2ccc(F)cc2)cc1[N+](=O)[O-]. The molecule has 0 atom stereocenters. The monoisotopic (exact) mass is 374 g/mol. The molecule has 0 saturated heterocycles. The fourth-order valence-electron chi connectivity index (χ4n) is 2.16. The predicted molar refractivity (Wildman–Crippen MR) is 99.5 cm³/mol. The largest absolute Gasteiger partial charge is 0.487 e. The molecule has 0 fully saturated rings. The number of anilines is 1. The van der Waals surface area contributed by atoms with Gasteiger partial charge in [0.1, 0.15) is 5.82 Å². The molecule has 0 heterocycles. The Balaban J connectivity index is 1.99. The van der Waals surface area contributed by atoms with Crippen LogP contribution in [0.5, 0.6) is 5.75 Å². The number of nitrogens with one attached hydrogen (secondary N) is 2. The number of rotatable bonds is 8. The summed E-state index contributed by atoms with van der Waals surface area (Å²) in [6, 6.07) is 10.0. The summed E-state index contributed by atoms with van der Waals surface area (Å²) in [6.45, 7) is 3.60. The van der Waals surface area contributed by atoms with Gasteiger partial charge in [-0.3, -0.25) is 14.9 Å². The maximum Gasteiger partial charge on any atom is 0.311 e. The summed E-state index contributed by atoms with van der Waals surface area (Å²) in [7, 11) is 0. The van der Waals surface area contributed by atoms with E-state index in [1.165, 1.54) is 36.4 Å². The van der Waals surface area contributed by atoms with Gasteiger partial charge in [-0.15, -0.1) is 0 Å². The summed E-state index contributed by atoms with van der Waals surface area (Å²) >= 11 is 0. The molecule has 9 heteroatoms. The number of benzene rings is 2. The van der Waals surface area contributed by atoms with Gasteiger partial charge in [-0.1, -0.05) is 0 Å². The molecule has 0 aliphatic carbocycles. The maximum absolute atomic E-state index is 12.8. The Kier molecular flexibility index (Phi) is 6.81. The summed E-state index contributed by atoms with van der Waals surface area (Å²) in [6.07, 6.45) is 0. The van der Waals surface area contributed by atoms with E-state index in [1.54, 1.807) is 19.9 Å². The van der Waals surface area contributed by atoms with E-state index in [0.717, 1.165) is 0 Å². The van der Waals surface area contributed by atoms with Crippen molar-refractivity contribution in [3.8, 4) is 5.75 Å². The number of carbonyl (C=O) groups excluding carboxylic acids is 1. The lowest BCUT2D eigenvalue weighted by Gasteiger charge is -2.07. The first kappa shape index (κ1) is 19.8. The topological polar surface area (TPSA) is 106 Å². The molecular formula is C18H19FN4O4. The Hall–Kier alpha value is -3.49. The number of nitro groups is 1. The third kappa shape index (κ3) is 5.77. The molecule has 2 rings (SSSR count). The van der Waals surface area contributed by atoms with Gasteiger partial charge in [-0.25, -0.2) is 9.82 Å². The predicted octanol–water partition coefficient (Wildman–Crippen LogP) is 3.08. The Morgan fingerprint density at radius 3 is 2.59 bits per heavy atom. The molecule has 27 heavy (non-hydrogen) atoms. The maximum atomic E-state index is 12.8. The smallest absolute Gasteiger partial charge is 0.311 e. The summed E-state index contributed by atoms with van der Waals surface area (Å²) in [5.41, 5.74) is 3.66. The summed E-state index contributed by atoms with van der Waals surface area (Å²) in [5.74, 6) is -0.611. The van der Waals surface area contributed by atoms with Crippen LogP contribution in [0.15, 0.2) is 47.6 Å². The highest BCUT2D eigenvalue weighted by Gasteiger charge is 2.16. The lowest BCUT2D eigenvalue weighted by atomic mass is 10.1. The van der Waals surface area contributed by atoms with E-state index in [2.05, 4.69) is 15.8 Å². The quantitative estimate of drug-likeness (QED) is 0.420. The summed E-state index contributed by atoms with van der Waals surface area (Å²) < 4.78 is 18.1. The third-order valence-electron chi connectivity index (χ3n) is 3.52. The Labute approximate surface area is 155 Å². The zero-order chi connectivity index (χ0) is 19.8. The number of hydrogen-bond donors (Lipinski definition) is 2. The van der Waals surface area contributed by atoms with E-state index in [4.69, 9.17) is 4.74 Å². The van der Waals surface area contributed by atoms with Gasteiger partial charge in [-0.2, -0.15) is 5.10 Å². The fraction of sp³-hybridized carbons (Fsp3) is 0.222. The van der Waals surface area contributed by atoms with Crippen molar-refractivity contribution in [2.45, 2.75) is 13.8 Å². The van der Waals surface area contributed by atoms with Crippen molar-refractivity contribution in [2.75, 3.05) is 18.5 Å². The van der Waals surface area contributed by atoms with Crippen molar-refractivity contribution in [3.63, 3.8) is 0 Å². The lowest BCUT2D eigenvalue weighted by molar-refractivity contribution is -0.385. The molecule has 1 amide bonds. The first-order valence-electron chi connectivity index (χ1n) is 8.15. The fourth-order valence-corrected chi connectivity index (χ4v) is 2.16. The highest BCUT2D eigenvalue weighted by atomic mass is 19.1. The molecule has 2 N–H and O–H groups in total. The van der Waals surface area contributed by atoms with Gasteiger partial charge in [-0.05, 0) is 50.2 Å². The number of ether oxygens (including phenoxy) is 1. The molecule has 0 aromatic heterocycles. The Bertz CT molecular complexity index is 853. The average Bonchev–Trinajstić information content (AvgIpc) is 2.66. The van der Waals surface area contributed by atoms with Crippen LogP contribution in [-0.4, -0.2) is 29.7 Å². The molecule has 0 bridgehead atoms. The highest BCUT2D eigenvalue weighted by molar-refractivity contribution is 6.00. The molecule has 0 aliphatic heterocycles. The van der Waals surface area contributed by atoms with E-state index in [9.17, 15) is 19.3 Å². The van der Waals surface area contributed by atoms with Crippen LogP contribution in [-0.2, 0) is 4.79 Å². The Morgan fingerprint density at radius 2 is 1.96 bits per heavy atom. The van der Waals surface area contributed by atoms with Crippen molar-refractivity contribution in [1.82, 2.24) is 5.43 Å². The second-order valence-electron chi connectivity index (χ2n) is 5.47. The Morgan fingerprint density at radius 1 is 1.26 bits per heavy atom. The van der Waals surface area contributed by atoms with E-state index in [1.807, 2.05) is 0 Å². The summed E-state index contributed by atoms with van der Waals surface area (Å²) in [4.78, 5) is 22.5. The molecule has 2 aromatic carbocycles. The van der Waals surface area contributed by atoms with Gasteiger partial charge in [0.05, 0.1) is 23.8 Å². The zero-order valence-electron chi connectivity index (χ0n) is 14.9. The normalized spacial score (nSPS) is 11.0. The second kappa shape index (κ2) is 9.27. The number of hydrogen-bond acceptors (Lipinski definition) is 6. The van der Waals surface area contributed by atoms with Gasteiger partial charge in [0.25, 0.3) is 5.91 Å². The minimum atomic E-state index is -0.535. The van der Waals surface area contributed by atoms with Crippen LogP contribution in [0.25, 0.3) is 0 Å². The second-order valence-corrected chi connectivity index (χ2v) is 5.47. The van der Waals surface area contributed by atoms with Gasteiger partial charge >= 0.3 is 5.69 Å². The van der Waals surface area contributed by atoms with E-state index in [-0.39, 0.29) is 23.8 Å². The molecule has 8 nitrogen and oxygen atoms in total. The van der Waals surface area contributed by atoms with Gasteiger partial charge in [0.2, 0.25) is 0 Å². The van der Waals surface area contributed by atoms with Crippen LogP contribution in [0, 0.1) is 15.9 Å². The van der Waals surface area contributed by atoms with Crippen molar-refractivity contribution < 1.29 is 18.8 Å². The number of amides is 1. The molecule has 0 spiro atoms. The van der Waals surface area contributed by atoms with Gasteiger partial charge < -0.3 is 10.1 Å². The van der Waals surface area contributed by atoms with Crippen molar-refractivity contribution in [2.24, 2.45) is 5.10 Å². The van der Waals surface area contributed by atoms with Crippen molar-refractivity contribution in [3.05, 3.63) is 64.0 Å². The van der Waals surface area contributed by atoms with Crippen molar-refractivity contribution >= 4 is 23.0 Å². The van der Waals surface area contributed by atoms with E-state index < -0.39 is 10.8 Å². The van der Waals surface area contributed by atoms with Crippen LogP contribution in [0.1, 0.15) is 19.4 Å². The van der Waals surface area contributed by atoms with Gasteiger partial charge in [0.15, 0.2) is 5.75 Å². The molecular weight excluding hydrogens is 355 g/mol. The number of carbonyl (C=O) groups is 1. The standard InChI is InChI=1S/C18H19FN4O4/c1-3-27-17-9-4-13(10-16(17)23(25)26)12(2)21-22-18(24)11-20-15-7-5-14(19)6-8-15/h4-10,20H,3,11H2,1-2H3,(H,22,24)/b21-12-. The third-order valence-corrected chi connectivity index (χ3v) is 3.52. The van der Waals surface area contributed by atoms with Crippen LogP contribution in [0.4, 0.5) is 15.8 Å². The molecule has 0 aliphatic rings.